The number of nitrogens with zero attached hydrogens (tertiary/aromatic N) is 2. The number of pyridine rings is 1. The number of imidazole rings is 1. The summed E-state index contributed by atoms with van der Waals surface area (Å²) in [5, 5.41) is 4.06. The third kappa shape index (κ3) is 3.40. The standard InChI is InChI=1S/C16H13Cl2N3O/c17-12-3-1-2-11(8-12)16(22)19-7-6-14-10-21-9-13(18)4-5-15(21)20-14/h1-5,8-10H,6-7H2,(H,19,22). The van der Waals surface area contributed by atoms with Crippen LogP contribution in [-0.4, -0.2) is 21.8 Å². The van der Waals surface area contributed by atoms with Gasteiger partial charge in [0.05, 0.1) is 10.7 Å². The van der Waals surface area contributed by atoms with Crippen molar-refractivity contribution in [2.45, 2.75) is 6.42 Å². The third-order valence-electron chi connectivity index (χ3n) is 3.22. The van der Waals surface area contributed by atoms with Crippen LogP contribution in [0.5, 0.6) is 0 Å². The summed E-state index contributed by atoms with van der Waals surface area (Å²) in [6, 6.07) is 10.5. The second-order valence-electron chi connectivity index (χ2n) is 4.86. The Balaban J connectivity index is 1.61. The van der Waals surface area contributed by atoms with Gasteiger partial charge in [0, 0.05) is 35.9 Å². The maximum Gasteiger partial charge on any atom is 0.251 e. The normalized spacial score (nSPS) is 10.8. The maximum atomic E-state index is 12.0. The Morgan fingerprint density at radius 1 is 1.14 bits per heavy atom. The number of aromatic nitrogens is 2. The van der Waals surface area contributed by atoms with Gasteiger partial charge < -0.3 is 9.72 Å². The van der Waals surface area contributed by atoms with E-state index in [0.717, 1.165) is 11.3 Å². The zero-order valence-electron chi connectivity index (χ0n) is 11.6. The number of nitrogens with one attached hydrogen (secondary N) is 1. The van der Waals surface area contributed by atoms with E-state index in [9.17, 15) is 4.79 Å². The third-order valence-corrected chi connectivity index (χ3v) is 3.68. The molecule has 1 aromatic carbocycles. The average Bonchev–Trinajstić information content (AvgIpc) is 2.89. The molecule has 3 aromatic rings. The first kappa shape index (κ1) is 14.9. The number of hydrogen-bond donors (Lipinski definition) is 1. The van der Waals surface area contributed by atoms with E-state index >= 15 is 0 Å². The van der Waals surface area contributed by atoms with Gasteiger partial charge in [-0.05, 0) is 30.3 Å². The molecule has 0 aliphatic heterocycles. The first-order chi connectivity index (χ1) is 10.6. The van der Waals surface area contributed by atoms with Crippen LogP contribution in [0.25, 0.3) is 5.65 Å². The molecule has 0 radical (unpaired) electrons. The van der Waals surface area contributed by atoms with E-state index in [1.807, 2.05) is 16.7 Å². The second kappa shape index (κ2) is 6.38. The van der Waals surface area contributed by atoms with Gasteiger partial charge in [0.25, 0.3) is 5.91 Å². The highest BCUT2D eigenvalue weighted by Crippen LogP contribution is 2.12. The van der Waals surface area contributed by atoms with Crippen molar-refractivity contribution in [2.75, 3.05) is 6.54 Å². The first-order valence-corrected chi connectivity index (χ1v) is 7.54. The fourth-order valence-electron chi connectivity index (χ4n) is 2.17. The van der Waals surface area contributed by atoms with Crippen LogP contribution in [0.4, 0.5) is 0 Å². The average molecular weight is 334 g/mol. The van der Waals surface area contributed by atoms with Crippen LogP contribution < -0.4 is 5.32 Å². The lowest BCUT2D eigenvalue weighted by atomic mass is 10.2. The minimum absolute atomic E-state index is 0.144. The van der Waals surface area contributed by atoms with Crippen LogP contribution in [0, 0.1) is 0 Å². The molecule has 3 rings (SSSR count). The van der Waals surface area contributed by atoms with Crippen LogP contribution in [0.15, 0.2) is 48.8 Å². The van der Waals surface area contributed by atoms with E-state index in [1.165, 1.54) is 0 Å². The molecule has 0 aliphatic carbocycles. The molecule has 0 fully saturated rings. The molecule has 1 N–H and O–H groups in total. The highest BCUT2D eigenvalue weighted by atomic mass is 35.5. The summed E-state index contributed by atoms with van der Waals surface area (Å²) in [6.45, 7) is 0.503. The van der Waals surface area contributed by atoms with Gasteiger partial charge in [-0.2, -0.15) is 0 Å². The Morgan fingerprint density at radius 3 is 2.82 bits per heavy atom. The topological polar surface area (TPSA) is 46.4 Å². The van der Waals surface area contributed by atoms with Crippen molar-refractivity contribution < 1.29 is 4.79 Å². The summed E-state index contributed by atoms with van der Waals surface area (Å²) >= 11 is 11.8. The number of carbonyl (C=O) groups is 1. The molecule has 112 valence electrons. The van der Waals surface area contributed by atoms with Crippen molar-refractivity contribution in [1.29, 1.82) is 0 Å². The van der Waals surface area contributed by atoms with Gasteiger partial charge in [-0.15, -0.1) is 0 Å². The summed E-state index contributed by atoms with van der Waals surface area (Å²) in [6.07, 6.45) is 4.36. The molecule has 0 saturated carbocycles. The monoisotopic (exact) mass is 333 g/mol. The van der Waals surface area contributed by atoms with Crippen molar-refractivity contribution in [2.24, 2.45) is 0 Å². The van der Waals surface area contributed by atoms with Crippen LogP contribution in [0.2, 0.25) is 10.0 Å². The van der Waals surface area contributed by atoms with E-state index in [2.05, 4.69) is 10.3 Å². The summed E-state index contributed by atoms with van der Waals surface area (Å²) < 4.78 is 1.87. The van der Waals surface area contributed by atoms with Crippen molar-refractivity contribution >= 4 is 34.8 Å². The molecule has 2 heterocycles. The van der Waals surface area contributed by atoms with Crippen LogP contribution in [0.1, 0.15) is 16.1 Å². The van der Waals surface area contributed by atoms with Crippen LogP contribution in [-0.2, 0) is 6.42 Å². The SMILES string of the molecule is O=C(NCCc1cn2cc(Cl)ccc2n1)c1cccc(Cl)c1. The molecule has 1 amide bonds. The van der Waals surface area contributed by atoms with Crippen molar-refractivity contribution in [3.63, 3.8) is 0 Å². The number of amides is 1. The Hall–Kier alpha value is -2.04. The van der Waals surface area contributed by atoms with Gasteiger partial charge in [-0.3, -0.25) is 4.79 Å². The number of fused-ring (bicyclic) bond motifs is 1. The van der Waals surface area contributed by atoms with Crippen LogP contribution in [0.3, 0.4) is 0 Å². The fraction of sp³-hybridized carbons (Fsp3) is 0.125. The van der Waals surface area contributed by atoms with Crippen molar-refractivity contribution in [3.05, 3.63) is 70.1 Å². The zero-order valence-corrected chi connectivity index (χ0v) is 13.1. The highest BCUT2D eigenvalue weighted by molar-refractivity contribution is 6.31. The number of carbonyl (C=O) groups excluding carboxylic acids is 1. The predicted molar refractivity (Wildman–Crippen MR) is 87.7 cm³/mol. The molecular weight excluding hydrogens is 321 g/mol. The van der Waals surface area contributed by atoms with E-state index in [-0.39, 0.29) is 5.91 Å². The molecule has 6 heteroatoms. The Morgan fingerprint density at radius 2 is 2.00 bits per heavy atom. The lowest BCUT2D eigenvalue weighted by molar-refractivity contribution is 0.0954. The summed E-state index contributed by atoms with van der Waals surface area (Å²) in [7, 11) is 0. The van der Waals surface area contributed by atoms with Crippen LogP contribution >= 0.6 is 23.2 Å². The van der Waals surface area contributed by atoms with E-state index in [0.29, 0.717) is 28.6 Å². The van der Waals surface area contributed by atoms with Gasteiger partial charge in [-0.1, -0.05) is 29.3 Å². The summed E-state index contributed by atoms with van der Waals surface area (Å²) in [4.78, 5) is 16.5. The van der Waals surface area contributed by atoms with Crippen molar-refractivity contribution in [3.8, 4) is 0 Å². The molecule has 2 aromatic heterocycles. The second-order valence-corrected chi connectivity index (χ2v) is 5.73. The Bertz CT molecular complexity index is 829. The molecule has 0 aliphatic rings. The lowest BCUT2D eigenvalue weighted by Gasteiger charge is -2.04. The van der Waals surface area contributed by atoms with E-state index in [4.69, 9.17) is 23.2 Å². The molecule has 0 atom stereocenters. The fourth-order valence-corrected chi connectivity index (χ4v) is 2.53. The number of benzene rings is 1. The van der Waals surface area contributed by atoms with Gasteiger partial charge in [-0.25, -0.2) is 4.98 Å². The smallest absolute Gasteiger partial charge is 0.251 e. The molecule has 0 saturated heterocycles. The zero-order chi connectivity index (χ0) is 15.5. The molecule has 0 spiro atoms. The summed E-state index contributed by atoms with van der Waals surface area (Å²) in [5.41, 5.74) is 2.28. The van der Waals surface area contributed by atoms with Gasteiger partial charge in [0.1, 0.15) is 5.65 Å². The minimum Gasteiger partial charge on any atom is -0.352 e. The molecule has 0 bridgehead atoms. The quantitative estimate of drug-likeness (QED) is 0.792. The molecule has 22 heavy (non-hydrogen) atoms. The Labute approximate surface area is 137 Å². The van der Waals surface area contributed by atoms with Gasteiger partial charge >= 0.3 is 0 Å². The minimum atomic E-state index is -0.144. The lowest BCUT2D eigenvalue weighted by Crippen LogP contribution is -2.25. The number of halogens is 2. The van der Waals surface area contributed by atoms with E-state index < -0.39 is 0 Å². The predicted octanol–water partition coefficient (Wildman–Crippen LogP) is 3.61. The molecular formula is C16H13Cl2N3O. The summed E-state index contributed by atoms with van der Waals surface area (Å²) in [5.74, 6) is -0.144. The molecule has 0 unspecified atom stereocenters. The highest BCUT2D eigenvalue weighted by Gasteiger charge is 2.06. The van der Waals surface area contributed by atoms with Crippen molar-refractivity contribution in [1.82, 2.24) is 14.7 Å². The van der Waals surface area contributed by atoms with Gasteiger partial charge in [0.15, 0.2) is 0 Å². The first-order valence-electron chi connectivity index (χ1n) is 6.79. The Kier molecular flexibility index (Phi) is 4.32. The maximum absolute atomic E-state index is 12.0. The van der Waals surface area contributed by atoms with Gasteiger partial charge in [0.2, 0.25) is 0 Å². The number of rotatable bonds is 4. The van der Waals surface area contributed by atoms with E-state index in [1.54, 1.807) is 36.5 Å². The largest absolute Gasteiger partial charge is 0.352 e. The number of hydrogen-bond acceptors (Lipinski definition) is 2. The molecule has 4 nitrogen and oxygen atoms in total.